The van der Waals surface area contributed by atoms with Crippen LogP contribution in [0.4, 0.5) is 0 Å². The summed E-state index contributed by atoms with van der Waals surface area (Å²) in [7, 11) is 0. The molecule has 138 valence electrons. The fourth-order valence-electron chi connectivity index (χ4n) is 3.39. The number of nitrogens with zero attached hydrogens (tertiary/aromatic N) is 3. The molecule has 0 bridgehead atoms. The second-order valence-corrected chi connectivity index (χ2v) is 7.29. The van der Waals surface area contributed by atoms with Gasteiger partial charge in [-0.1, -0.05) is 29.8 Å². The fraction of sp³-hybridized carbons (Fsp3) is 0.474. The quantitative estimate of drug-likeness (QED) is 0.878. The maximum atomic E-state index is 12.7. The molecule has 7 nitrogen and oxygen atoms in total. The van der Waals surface area contributed by atoms with Gasteiger partial charge in [-0.3, -0.25) is 4.79 Å². The highest BCUT2D eigenvalue weighted by molar-refractivity contribution is 5.97. The van der Waals surface area contributed by atoms with Crippen LogP contribution in [0.1, 0.15) is 54.4 Å². The molecule has 1 amide bonds. The van der Waals surface area contributed by atoms with Crippen LogP contribution in [-0.2, 0) is 4.79 Å². The minimum Gasteiger partial charge on any atom is -0.480 e. The molecule has 1 aromatic carbocycles. The number of aryl methyl sites for hydroxylation is 1. The van der Waals surface area contributed by atoms with E-state index in [4.69, 9.17) is 0 Å². The SMILES string of the molecule is Cc1ccc(-n2nnc(C(=O)NC3(C(=O)O)CCC(C)CC3)c2C)cc1. The van der Waals surface area contributed by atoms with Crippen LogP contribution in [-0.4, -0.2) is 37.5 Å². The molecule has 0 saturated heterocycles. The molecule has 26 heavy (non-hydrogen) atoms. The van der Waals surface area contributed by atoms with Gasteiger partial charge in [0.05, 0.1) is 11.4 Å². The number of carbonyl (C=O) groups excluding carboxylic acids is 1. The summed E-state index contributed by atoms with van der Waals surface area (Å²) in [6, 6.07) is 7.72. The molecule has 3 rings (SSSR count). The van der Waals surface area contributed by atoms with Crippen LogP contribution in [0.3, 0.4) is 0 Å². The summed E-state index contributed by atoms with van der Waals surface area (Å²) in [6.07, 6.45) is 2.42. The lowest BCUT2D eigenvalue weighted by molar-refractivity contribution is -0.146. The fourth-order valence-corrected chi connectivity index (χ4v) is 3.39. The van der Waals surface area contributed by atoms with E-state index < -0.39 is 17.4 Å². The average molecular weight is 356 g/mol. The lowest BCUT2D eigenvalue weighted by Gasteiger charge is -2.36. The molecule has 0 radical (unpaired) electrons. The average Bonchev–Trinajstić information content (AvgIpc) is 2.99. The number of carboxylic acids is 1. The normalized spacial score (nSPS) is 22.8. The maximum absolute atomic E-state index is 12.7. The molecule has 1 saturated carbocycles. The van der Waals surface area contributed by atoms with Crippen molar-refractivity contribution in [3.05, 3.63) is 41.2 Å². The molecule has 2 N–H and O–H groups in total. The molecule has 2 aromatic rings. The van der Waals surface area contributed by atoms with Gasteiger partial charge in [0.25, 0.3) is 5.91 Å². The summed E-state index contributed by atoms with van der Waals surface area (Å²) < 4.78 is 1.59. The highest BCUT2D eigenvalue weighted by Crippen LogP contribution is 2.32. The maximum Gasteiger partial charge on any atom is 0.329 e. The molecule has 7 heteroatoms. The van der Waals surface area contributed by atoms with Gasteiger partial charge in [0.15, 0.2) is 5.69 Å². The lowest BCUT2D eigenvalue weighted by Crippen LogP contribution is -2.56. The Morgan fingerprint density at radius 2 is 1.81 bits per heavy atom. The molecule has 0 aliphatic heterocycles. The number of carboxylic acid groups (broad SMARTS) is 1. The van der Waals surface area contributed by atoms with Crippen LogP contribution in [0, 0.1) is 19.8 Å². The van der Waals surface area contributed by atoms with Gasteiger partial charge in [0, 0.05) is 0 Å². The number of hydrogen-bond donors (Lipinski definition) is 2. The minimum absolute atomic E-state index is 0.157. The van der Waals surface area contributed by atoms with Gasteiger partial charge in [-0.05, 0) is 57.6 Å². The van der Waals surface area contributed by atoms with Crippen LogP contribution in [0.2, 0.25) is 0 Å². The largest absolute Gasteiger partial charge is 0.480 e. The zero-order valence-electron chi connectivity index (χ0n) is 15.3. The third kappa shape index (κ3) is 3.34. The van der Waals surface area contributed by atoms with Gasteiger partial charge in [0.2, 0.25) is 0 Å². The monoisotopic (exact) mass is 356 g/mol. The Kier molecular flexibility index (Phi) is 4.80. The zero-order valence-corrected chi connectivity index (χ0v) is 15.3. The summed E-state index contributed by atoms with van der Waals surface area (Å²) in [5.74, 6) is -0.998. The predicted octanol–water partition coefficient (Wildman–Crippen LogP) is 2.65. The molecule has 1 aliphatic rings. The van der Waals surface area contributed by atoms with Crippen molar-refractivity contribution in [2.75, 3.05) is 0 Å². The molecular formula is C19H24N4O3. The van der Waals surface area contributed by atoms with Crippen molar-refractivity contribution < 1.29 is 14.7 Å². The number of benzene rings is 1. The molecule has 1 heterocycles. The van der Waals surface area contributed by atoms with Gasteiger partial charge < -0.3 is 10.4 Å². The van der Waals surface area contributed by atoms with Crippen LogP contribution in [0.5, 0.6) is 0 Å². The van der Waals surface area contributed by atoms with Crippen molar-refractivity contribution in [3.8, 4) is 5.69 Å². The molecular weight excluding hydrogens is 332 g/mol. The first kappa shape index (κ1) is 18.1. The van der Waals surface area contributed by atoms with Crippen LogP contribution < -0.4 is 5.32 Å². The molecule has 0 unspecified atom stereocenters. The number of carbonyl (C=O) groups is 2. The van der Waals surface area contributed by atoms with Crippen molar-refractivity contribution >= 4 is 11.9 Å². The second-order valence-electron chi connectivity index (χ2n) is 7.29. The first-order valence-electron chi connectivity index (χ1n) is 8.87. The van der Waals surface area contributed by atoms with Crippen LogP contribution in [0.25, 0.3) is 5.69 Å². The van der Waals surface area contributed by atoms with E-state index >= 15 is 0 Å². The van der Waals surface area contributed by atoms with Crippen LogP contribution >= 0.6 is 0 Å². The highest BCUT2D eigenvalue weighted by Gasteiger charge is 2.43. The van der Waals surface area contributed by atoms with E-state index in [2.05, 4.69) is 22.6 Å². The van der Waals surface area contributed by atoms with Crippen molar-refractivity contribution in [1.29, 1.82) is 0 Å². The Hall–Kier alpha value is -2.70. The summed E-state index contributed by atoms with van der Waals surface area (Å²) in [6.45, 7) is 5.85. The second kappa shape index (κ2) is 6.90. The van der Waals surface area contributed by atoms with Crippen molar-refractivity contribution in [2.24, 2.45) is 5.92 Å². The smallest absolute Gasteiger partial charge is 0.329 e. The Bertz CT molecular complexity index is 818. The van der Waals surface area contributed by atoms with Crippen molar-refractivity contribution in [1.82, 2.24) is 20.3 Å². The van der Waals surface area contributed by atoms with E-state index in [-0.39, 0.29) is 5.69 Å². The zero-order chi connectivity index (χ0) is 18.9. The lowest BCUT2D eigenvalue weighted by atomic mass is 9.77. The highest BCUT2D eigenvalue weighted by atomic mass is 16.4. The van der Waals surface area contributed by atoms with E-state index in [9.17, 15) is 14.7 Å². The van der Waals surface area contributed by atoms with Crippen molar-refractivity contribution in [3.63, 3.8) is 0 Å². The summed E-state index contributed by atoms with van der Waals surface area (Å²) >= 11 is 0. The minimum atomic E-state index is -1.22. The number of amides is 1. The summed E-state index contributed by atoms with van der Waals surface area (Å²) in [5, 5.41) is 20.5. The third-order valence-corrected chi connectivity index (χ3v) is 5.28. The van der Waals surface area contributed by atoms with Gasteiger partial charge >= 0.3 is 5.97 Å². The Morgan fingerprint density at radius 1 is 1.19 bits per heavy atom. The molecule has 1 aromatic heterocycles. The number of nitrogens with one attached hydrogen (secondary N) is 1. The Labute approximate surface area is 152 Å². The standard InChI is InChI=1S/C19H24N4O3/c1-12-4-6-15(7-5-12)23-14(3)16(21-22-23)17(24)20-19(18(25)26)10-8-13(2)9-11-19/h4-7,13H,8-11H2,1-3H3,(H,20,24)(H,25,26). The number of hydrogen-bond acceptors (Lipinski definition) is 4. The van der Waals surface area contributed by atoms with Gasteiger partial charge in [-0.2, -0.15) is 0 Å². The molecule has 1 aliphatic carbocycles. The summed E-state index contributed by atoms with van der Waals surface area (Å²) in [5.41, 5.74) is 1.45. The topological polar surface area (TPSA) is 97.1 Å². The Morgan fingerprint density at radius 3 is 2.38 bits per heavy atom. The third-order valence-electron chi connectivity index (χ3n) is 5.28. The van der Waals surface area contributed by atoms with Crippen molar-refractivity contribution in [2.45, 2.75) is 52.0 Å². The molecule has 1 fully saturated rings. The number of aliphatic carboxylic acids is 1. The van der Waals surface area contributed by atoms with E-state index in [1.807, 2.05) is 31.2 Å². The van der Waals surface area contributed by atoms with Gasteiger partial charge in [-0.25, -0.2) is 9.48 Å². The van der Waals surface area contributed by atoms with E-state index in [0.717, 1.165) is 24.1 Å². The number of aromatic nitrogens is 3. The van der Waals surface area contributed by atoms with E-state index in [1.54, 1.807) is 11.6 Å². The first-order chi connectivity index (χ1) is 12.3. The van der Waals surface area contributed by atoms with Crippen LogP contribution in [0.15, 0.2) is 24.3 Å². The predicted molar refractivity (Wildman–Crippen MR) is 96.3 cm³/mol. The Balaban J connectivity index is 1.84. The summed E-state index contributed by atoms with van der Waals surface area (Å²) in [4.78, 5) is 24.6. The first-order valence-corrected chi connectivity index (χ1v) is 8.87. The van der Waals surface area contributed by atoms with E-state index in [0.29, 0.717) is 24.5 Å². The number of rotatable bonds is 4. The van der Waals surface area contributed by atoms with Gasteiger partial charge in [-0.15, -0.1) is 5.10 Å². The molecule has 0 atom stereocenters. The van der Waals surface area contributed by atoms with Gasteiger partial charge in [0.1, 0.15) is 5.54 Å². The molecule has 0 spiro atoms. The van der Waals surface area contributed by atoms with E-state index in [1.165, 1.54) is 0 Å².